The van der Waals surface area contributed by atoms with E-state index in [-0.39, 0.29) is 0 Å². The van der Waals surface area contributed by atoms with Gasteiger partial charge in [0.2, 0.25) is 0 Å². The molecule has 0 saturated heterocycles. The van der Waals surface area contributed by atoms with E-state index in [1.165, 1.54) is 10.0 Å². The molecule has 0 saturated carbocycles. The van der Waals surface area contributed by atoms with Crippen LogP contribution in [0.3, 0.4) is 0 Å². The molecule has 1 rings (SSSR count). The van der Waals surface area contributed by atoms with Crippen LogP contribution in [0.5, 0.6) is 0 Å². The van der Waals surface area contributed by atoms with E-state index in [1.807, 2.05) is 0 Å². The van der Waals surface area contributed by atoms with Gasteiger partial charge in [0.1, 0.15) is 0 Å². The Morgan fingerprint density at radius 3 is 1.91 bits per heavy atom. The van der Waals surface area contributed by atoms with Gasteiger partial charge >= 0.3 is 51.6 Å². The minimum atomic E-state index is 1.06. The number of rotatable bonds is 0. The zero-order valence-corrected chi connectivity index (χ0v) is 7.14. The summed E-state index contributed by atoms with van der Waals surface area (Å²) in [6.45, 7) is 11.1. The minimum Gasteiger partial charge on any atom is -0.281 e. The van der Waals surface area contributed by atoms with E-state index in [9.17, 15) is 0 Å². The van der Waals surface area contributed by atoms with Crippen molar-refractivity contribution >= 4 is 13.6 Å². The fraction of sp³-hybridized carbons (Fsp3) is 0.250. The van der Waals surface area contributed by atoms with Crippen molar-refractivity contribution in [1.29, 1.82) is 0 Å². The smallest absolute Gasteiger partial charge is 0.281 e. The molecule has 3 heteroatoms. The van der Waals surface area contributed by atoms with Gasteiger partial charge in [-0.1, -0.05) is 0 Å². The van der Waals surface area contributed by atoms with Gasteiger partial charge in [-0.15, -0.1) is 0 Å². The molecule has 4 radical (unpaired) electrons. The summed E-state index contributed by atoms with van der Waals surface area (Å²) in [6.07, 6.45) is 5.31. The van der Waals surface area contributed by atoms with Crippen molar-refractivity contribution in [2.45, 2.75) is 13.3 Å². The van der Waals surface area contributed by atoms with E-state index in [1.54, 1.807) is 0 Å². The molecule has 0 aromatic carbocycles. The second-order valence-electron chi connectivity index (χ2n) is 1.68. The summed E-state index contributed by atoms with van der Waals surface area (Å²) in [7, 11) is 0. The quantitative estimate of drug-likeness (QED) is 0.534. The van der Waals surface area contributed by atoms with E-state index in [0.29, 0.717) is 0 Å². The Morgan fingerprint density at radius 1 is 1.36 bits per heavy atom. The molecule has 0 aromatic heterocycles. The summed E-state index contributed by atoms with van der Waals surface area (Å²) in [5.41, 5.74) is 1.33. The number of carbonyl (C=O) groups excluding carboxylic acids is 2. The first kappa shape index (κ1) is 13.0. The Kier molecular flexibility index (Phi) is 11.0. The third-order valence-corrected chi connectivity index (χ3v) is 1.74. The largest absolute Gasteiger partial charge is 0.281 e. The van der Waals surface area contributed by atoms with E-state index < -0.39 is 0 Å². The first-order valence-electron chi connectivity index (χ1n) is 2.72. The molecule has 0 amide bonds. The first-order valence-corrected chi connectivity index (χ1v) is 3.27. The second-order valence-corrected chi connectivity index (χ2v) is 2.35. The summed E-state index contributed by atoms with van der Waals surface area (Å²) in [4.78, 5) is 15.0. The first-order chi connectivity index (χ1) is 5.30. The van der Waals surface area contributed by atoms with Crippen LogP contribution >= 0.6 is 0 Å². The van der Waals surface area contributed by atoms with Crippen molar-refractivity contribution in [3.05, 3.63) is 22.2 Å². The molecule has 0 spiro atoms. The zero-order valence-electron chi connectivity index (χ0n) is 6.03. The average Bonchev–Trinajstić information content (AvgIpc) is 2.44. The van der Waals surface area contributed by atoms with Crippen LogP contribution in [0.15, 0.2) is 22.2 Å². The molecule has 2 nitrogen and oxygen atoms in total. The van der Waals surface area contributed by atoms with Gasteiger partial charge in [-0.05, 0) is 0 Å². The maximum Gasteiger partial charge on any atom is 0.281 e. The molecule has 0 aliphatic heterocycles. The maximum absolute atomic E-state index is 7.50. The monoisotopic (exact) mass is 191 g/mol. The number of hydrogen-bond donors (Lipinski definition) is 0. The van der Waals surface area contributed by atoms with Crippen LogP contribution in [0.4, 0.5) is 0 Å². The standard InChI is InChI=1S/C6H7.2CO.Fe/c1-6-4-2-3-5-6;2*1-2;/h2,4H,3H2,1H3;;;. The van der Waals surface area contributed by atoms with Gasteiger partial charge in [0, 0.05) is 0 Å². The van der Waals surface area contributed by atoms with Crippen LogP contribution in [-0.2, 0) is 25.6 Å². The van der Waals surface area contributed by atoms with Gasteiger partial charge < -0.3 is 0 Å². The SMILES string of the molecule is CC1=[C]([Fe])CC=C1.[C]=O.[C]=O. The van der Waals surface area contributed by atoms with Crippen molar-refractivity contribution in [2.75, 3.05) is 0 Å². The van der Waals surface area contributed by atoms with E-state index in [4.69, 9.17) is 9.59 Å². The summed E-state index contributed by atoms with van der Waals surface area (Å²) < 4.78 is 1.26. The maximum atomic E-state index is 7.50. The zero-order chi connectivity index (χ0) is 9.28. The fourth-order valence-corrected chi connectivity index (χ4v) is 0.808. The van der Waals surface area contributed by atoms with Gasteiger partial charge in [-0.3, -0.25) is 9.59 Å². The molecule has 0 aromatic rings. The van der Waals surface area contributed by atoms with Crippen LogP contribution in [-0.4, -0.2) is 13.6 Å². The molecular formula is C8H7FeO2. The molecule has 1 aliphatic rings. The Labute approximate surface area is 75.2 Å². The molecule has 59 valence electrons. The van der Waals surface area contributed by atoms with Gasteiger partial charge in [0.15, 0.2) is 0 Å². The van der Waals surface area contributed by atoms with E-state index in [0.717, 1.165) is 6.42 Å². The molecule has 1 aliphatic carbocycles. The van der Waals surface area contributed by atoms with Crippen molar-refractivity contribution < 1.29 is 25.6 Å². The van der Waals surface area contributed by atoms with Crippen LogP contribution in [0.1, 0.15) is 13.3 Å². The van der Waals surface area contributed by atoms with Crippen LogP contribution < -0.4 is 0 Å². The Bertz CT molecular complexity index is 159. The van der Waals surface area contributed by atoms with E-state index in [2.05, 4.69) is 48.7 Å². The fourth-order valence-electron chi connectivity index (χ4n) is 0.586. The minimum absolute atomic E-state index is 1.06. The van der Waals surface area contributed by atoms with Crippen molar-refractivity contribution in [3.8, 4) is 0 Å². The van der Waals surface area contributed by atoms with Crippen molar-refractivity contribution in [1.82, 2.24) is 0 Å². The summed E-state index contributed by atoms with van der Waals surface area (Å²) in [5, 5.41) is 0. The Balaban J connectivity index is 0. The molecule has 0 fully saturated rings. The van der Waals surface area contributed by atoms with Crippen LogP contribution in [0, 0.1) is 0 Å². The average molecular weight is 191 g/mol. The molecule has 0 bridgehead atoms. The predicted molar refractivity (Wildman–Crippen MR) is 37.8 cm³/mol. The van der Waals surface area contributed by atoms with Crippen molar-refractivity contribution in [2.24, 2.45) is 0 Å². The Morgan fingerprint density at radius 2 is 1.82 bits per heavy atom. The van der Waals surface area contributed by atoms with Gasteiger partial charge in [-0.25, -0.2) is 0 Å². The van der Waals surface area contributed by atoms with Gasteiger partial charge in [0.25, 0.3) is 13.6 Å². The van der Waals surface area contributed by atoms with Gasteiger partial charge in [-0.2, -0.15) is 0 Å². The molecular weight excluding hydrogens is 184 g/mol. The topological polar surface area (TPSA) is 34.1 Å². The molecule has 11 heavy (non-hydrogen) atoms. The van der Waals surface area contributed by atoms with E-state index >= 15 is 0 Å². The summed E-state index contributed by atoms with van der Waals surface area (Å²) in [6, 6.07) is 0. The Hall–Kier alpha value is -0.661. The molecule has 0 unspecified atom stereocenters. The molecule has 0 N–H and O–H groups in total. The predicted octanol–water partition coefficient (Wildman–Crippen LogP) is 0.973. The third kappa shape index (κ3) is 5.77. The summed E-state index contributed by atoms with van der Waals surface area (Å²) in [5.74, 6) is 0. The van der Waals surface area contributed by atoms with Gasteiger partial charge in [0.05, 0.1) is 0 Å². The number of allylic oxidation sites excluding steroid dienone is 4. The normalized spacial score (nSPS) is 12.9. The number of hydrogen-bond acceptors (Lipinski definition) is 2. The molecule has 0 heterocycles. The second kappa shape index (κ2) is 9.34. The summed E-state index contributed by atoms with van der Waals surface area (Å²) >= 11 is 3.84. The van der Waals surface area contributed by atoms with Crippen LogP contribution in [0.25, 0.3) is 0 Å². The van der Waals surface area contributed by atoms with Crippen LogP contribution in [0.2, 0.25) is 0 Å². The molecule has 0 atom stereocenters. The third-order valence-electron chi connectivity index (χ3n) is 1.08. The van der Waals surface area contributed by atoms with Crippen molar-refractivity contribution in [3.63, 3.8) is 0 Å².